The van der Waals surface area contributed by atoms with Gasteiger partial charge >= 0.3 is 6.18 Å². The highest BCUT2D eigenvalue weighted by atomic mass is 32.2. The average molecular weight is 441 g/mol. The summed E-state index contributed by atoms with van der Waals surface area (Å²) in [5.41, 5.74) is 0. The Morgan fingerprint density at radius 2 is 1.72 bits per heavy atom. The number of benzene rings is 1. The zero-order chi connectivity index (χ0) is 21.4. The molecule has 1 aliphatic carbocycles. The lowest BCUT2D eigenvalue weighted by Gasteiger charge is -2.32. The van der Waals surface area contributed by atoms with Gasteiger partial charge in [0, 0.05) is 18.4 Å². The number of halogens is 5. The van der Waals surface area contributed by atoms with Crippen LogP contribution < -0.4 is 4.74 Å². The molecular formula is C19H24F5NO3S. The zero-order valence-corrected chi connectivity index (χ0v) is 16.8. The molecule has 0 aromatic heterocycles. The fourth-order valence-electron chi connectivity index (χ4n) is 4.28. The van der Waals surface area contributed by atoms with Crippen molar-refractivity contribution in [1.82, 2.24) is 4.90 Å². The number of nitrogens with zero attached hydrogens (tertiary/aromatic N) is 1. The average Bonchev–Trinajstić information content (AvgIpc) is 3.31. The molecule has 0 amide bonds. The van der Waals surface area contributed by atoms with Crippen molar-refractivity contribution < 1.29 is 35.1 Å². The first-order valence-electron chi connectivity index (χ1n) is 9.55. The smallest absolute Gasteiger partial charge is 0.401 e. The second-order valence-corrected chi connectivity index (χ2v) is 9.97. The van der Waals surface area contributed by atoms with Crippen molar-refractivity contribution in [3.05, 3.63) is 23.8 Å². The van der Waals surface area contributed by atoms with Crippen molar-refractivity contribution >= 4 is 9.84 Å². The Morgan fingerprint density at radius 3 is 2.24 bits per heavy atom. The quantitative estimate of drug-likeness (QED) is 0.599. The first kappa shape index (κ1) is 22.3. The van der Waals surface area contributed by atoms with Crippen molar-refractivity contribution in [3.8, 4) is 5.75 Å². The molecule has 3 rings (SSSR count). The highest BCUT2D eigenvalue weighted by molar-refractivity contribution is 7.90. The van der Waals surface area contributed by atoms with E-state index in [2.05, 4.69) is 0 Å². The number of hydrogen-bond donors (Lipinski definition) is 0. The third kappa shape index (κ3) is 6.04. The van der Waals surface area contributed by atoms with E-state index in [0.29, 0.717) is 37.3 Å². The summed E-state index contributed by atoms with van der Waals surface area (Å²) >= 11 is 0. The number of alkyl halides is 3. The van der Waals surface area contributed by atoms with Crippen LogP contribution >= 0.6 is 0 Å². The third-order valence-electron chi connectivity index (χ3n) is 5.72. The van der Waals surface area contributed by atoms with Gasteiger partial charge < -0.3 is 4.74 Å². The van der Waals surface area contributed by atoms with Crippen molar-refractivity contribution in [1.29, 1.82) is 0 Å². The van der Waals surface area contributed by atoms with Crippen LogP contribution in [0.15, 0.2) is 17.0 Å². The van der Waals surface area contributed by atoms with Gasteiger partial charge in [0.15, 0.2) is 9.84 Å². The molecule has 0 spiro atoms. The number of likely N-dealkylation sites (tertiary alicyclic amines) is 1. The molecule has 0 unspecified atom stereocenters. The molecule has 1 heterocycles. The second kappa shape index (κ2) is 8.37. The lowest BCUT2D eigenvalue weighted by Crippen LogP contribution is -2.40. The number of piperidine rings is 1. The zero-order valence-electron chi connectivity index (χ0n) is 16.0. The van der Waals surface area contributed by atoms with Crippen molar-refractivity contribution in [2.24, 2.45) is 17.8 Å². The molecular weight excluding hydrogens is 417 g/mol. The highest BCUT2D eigenvalue weighted by Crippen LogP contribution is 2.49. The van der Waals surface area contributed by atoms with Crippen LogP contribution in [-0.2, 0) is 9.84 Å². The molecule has 4 nitrogen and oxygen atoms in total. The van der Waals surface area contributed by atoms with Crippen LogP contribution in [0.4, 0.5) is 22.0 Å². The van der Waals surface area contributed by atoms with E-state index in [-0.39, 0.29) is 12.4 Å². The summed E-state index contributed by atoms with van der Waals surface area (Å²) in [6.07, 6.45) is -0.253. The first-order valence-corrected chi connectivity index (χ1v) is 11.4. The van der Waals surface area contributed by atoms with Crippen LogP contribution in [0.25, 0.3) is 0 Å². The molecule has 1 aliphatic heterocycles. The Hall–Kier alpha value is -1.42. The van der Waals surface area contributed by atoms with Gasteiger partial charge in [0.25, 0.3) is 0 Å². The number of ether oxygens (including phenoxy) is 1. The van der Waals surface area contributed by atoms with Crippen LogP contribution in [-0.4, -0.2) is 52.0 Å². The maximum absolute atomic E-state index is 13.9. The number of rotatable bonds is 7. The molecule has 2 atom stereocenters. The third-order valence-corrected chi connectivity index (χ3v) is 6.85. The molecule has 10 heteroatoms. The lowest BCUT2D eigenvalue weighted by molar-refractivity contribution is -0.148. The minimum Gasteiger partial charge on any atom is -0.493 e. The largest absolute Gasteiger partial charge is 0.493 e. The predicted octanol–water partition coefficient (Wildman–Crippen LogP) is 4.05. The lowest BCUT2D eigenvalue weighted by atomic mass is 9.90. The Kier molecular flexibility index (Phi) is 6.43. The van der Waals surface area contributed by atoms with Gasteiger partial charge in [-0.25, -0.2) is 17.2 Å². The standard InChI is InChI=1S/C19H24F5NO3S/c1-29(26,27)18-16(20)9-14(10-17(18)21)28-7-4-13-8-15(13)12-2-5-25(6-3-12)11-19(22,23)24/h9-10,12-13,15H,2-8,11H2,1H3/t13-,15-/m1/s1. The second-order valence-electron chi connectivity index (χ2n) is 8.01. The Labute approximate surface area is 166 Å². The Bertz CT molecular complexity index is 812. The molecule has 0 N–H and O–H groups in total. The van der Waals surface area contributed by atoms with E-state index >= 15 is 0 Å². The van der Waals surface area contributed by atoms with E-state index in [1.165, 1.54) is 4.90 Å². The summed E-state index contributed by atoms with van der Waals surface area (Å²) in [4.78, 5) is 0.476. The summed E-state index contributed by atoms with van der Waals surface area (Å²) in [6.45, 7) is 0.294. The van der Waals surface area contributed by atoms with E-state index in [0.717, 1.165) is 37.7 Å². The molecule has 0 radical (unpaired) electrons. The monoisotopic (exact) mass is 441 g/mol. The minimum absolute atomic E-state index is 0.0648. The minimum atomic E-state index is -4.16. The maximum atomic E-state index is 13.9. The van der Waals surface area contributed by atoms with E-state index in [1.807, 2.05) is 0 Å². The van der Waals surface area contributed by atoms with Crippen molar-refractivity contribution in [2.75, 3.05) is 32.5 Å². The Morgan fingerprint density at radius 1 is 1.14 bits per heavy atom. The molecule has 1 saturated heterocycles. The van der Waals surface area contributed by atoms with Crippen molar-refractivity contribution in [2.45, 2.75) is 36.8 Å². The molecule has 1 saturated carbocycles. The van der Waals surface area contributed by atoms with Gasteiger partial charge in [-0.1, -0.05) is 0 Å². The van der Waals surface area contributed by atoms with E-state index in [4.69, 9.17) is 4.74 Å². The highest BCUT2D eigenvalue weighted by Gasteiger charge is 2.44. The molecule has 1 aromatic carbocycles. The fourth-order valence-corrected chi connectivity index (χ4v) is 5.10. The van der Waals surface area contributed by atoms with Gasteiger partial charge in [0.1, 0.15) is 22.3 Å². The van der Waals surface area contributed by atoms with Gasteiger partial charge in [-0.2, -0.15) is 13.2 Å². The summed E-state index contributed by atoms with van der Waals surface area (Å²) in [5.74, 6) is -1.15. The number of hydrogen-bond acceptors (Lipinski definition) is 4. The summed E-state index contributed by atoms with van der Waals surface area (Å²) in [6, 6.07) is 1.72. The molecule has 164 valence electrons. The fraction of sp³-hybridized carbons (Fsp3) is 0.684. The van der Waals surface area contributed by atoms with Gasteiger partial charge in [-0.15, -0.1) is 0 Å². The van der Waals surface area contributed by atoms with Gasteiger partial charge in [-0.3, -0.25) is 4.90 Å². The van der Waals surface area contributed by atoms with Crippen LogP contribution in [0.5, 0.6) is 5.75 Å². The molecule has 0 bridgehead atoms. The maximum Gasteiger partial charge on any atom is 0.401 e. The van der Waals surface area contributed by atoms with Crippen LogP contribution in [0, 0.1) is 29.4 Å². The molecule has 2 fully saturated rings. The van der Waals surface area contributed by atoms with Crippen LogP contribution in [0.3, 0.4) is 0 Å². The summed E-state index contributed by atoms with van der Waals surface area (Å²) in [5, 5.41) is 0. The number of sulfone groups is 1. The first-order chi connectivity index (χ1) is 13.4. The van der Waals surface area contributed by atoms with E-state index < -0.39 is 39.1 Å². The van der Waals surface area contributed by atoms with E-state index in [1.54, 1.807) is 0 Å². The predicted molar refractivity (Wildman–Crippen MR) is 96.4 cm³/mol. The molecule has 2 aliphatic rings. The van der Waals surface area contributed by atoms with Gasteiger partial charge in [-0.05, 0) is 56.5 Å². The molecule has 29 heavy (non-hydrogen) atoms. The Balaban J connectivity index is 1.42. The molecule has 1 aromatic rings. The normalized spacial score (nSPS) is 23.9. The topological polar surface area (TPSA) is 46.6 Å². The summed E-state index contributed by atoms with van der Waals surface area (Å²) in [7, 11) is -4.01. The van der Waals surface area contributed by atoms with Gasteiger partial charge in [0.2, 0.25) is 0 Å². The van der Waals surface area contributed by atoms with Crippen LogP contribution in [0.1, 0.15) is 25.7 Å². The summed E-state index contributed by atoms with van der Waals surface area (Å²) < 4.78 is 93.3. The van der Waals surface area contributed by atoms with Crippen LogP contribution in [0.2, 0.25) is 0 Å². The SMILES string of the molecule is CS(=O)(=O)c1c(F)cc(OCC[C@@H]2C[C@@H]2C2CCN(CC(F)(F)F)CC2)cc1F. The van der Waals surface area contributed by atoms with E-state index in [9.17, 15) is 30.4 Å². The van der Waals surface area contributed by atoms with Crippen molar-refractivity contribution in [3.63, 3.8) is 0 Å². The van der Waals surface area contributed by atoms with Gasteiger partial charge in [0.05, 0.1) is 13.2 Å².